The molecule has 4 N–H and O–H groups in total. The molecule has 6 heteroatoms. The standard InChI is InChI=1S/C12H23N5O/c1-8(2)5-9(7-17(3)4)15-12(18)10-6-14-16-11(10)13/h6,8-9H,5,7H2,1-4H3,(H,15,18)(H3,13,14,16). The first-order valence-electron chi connectivity index (χ1n) is 6.14. The molecule has 0 aliphatic heterocycles. The van der Waals surface area contributed by atoms with Crippen LogP contribution in [0.1, 0.15) is 30.6 Å². The summed E-state index contributed by atoms with van der Waals surface area (Å²) in [7, 11) is 3.98. The molecule has 0 spiro atoms. The van der Waals surface area contributed by atoms with Gasteiger partial charge in [0, 0.05) is 12.6 Å². The van der Waals surface area contributed by atoms with E-state index in [1.807, 2.05) is 14.1 Å². The van der Waals surface area contributed by atoms with Crippen molar-refractivity contribution in [1.82, 2.24) is 20.4 Å². The Kier molecular flexibility index (Phi) is 5.15. The number of nitrogens with zero attached hydrogens (tertiary/aromatic N) is 2. The van der Waals surface area contributed by atoms with E-state index in [1.165, 1.54) is 6.20 Å². The van der Waals surface area contributed by atoms with Crippen LogP contribution in [0.25, 0.3) is 0 Å². The Morgan fingerprint density at radius 3 is 2.67 bits per heavy atom. The molecule has 6 nitrogen and oxygen atoms in total. The molecule has 1 aromatic heterocycles. The third kappa shape index (κ3) is 4.37. The molecule has 0 aliphatic carbocycles. The summed E-state index contributed by atoms with van der Waals surface area (Å²) in [5.41, 5.74) is 6.04. The van der Waals surface area contributed by atoms with Gasteiger partial charge in [0.05, 0.1) is 6.20 Å². The monoisotopic (exact) mass is 253 g/mol. The van der Waals surface area contributed by atoms with Gasteiger partial charge in [-0.1, -0.05) is 13.8 Å². The van der Waals surface area contributed by atoms with Crippen LogP contribution in [0.4, 0.5) is 5.82 Å². The van der Waals surface area contributed by atoms with Gasteiger partial charge >= 0.3 is 0 Å². The van der Waals surface area contributed by atoms with E-state index in [2.05, 4.69) is 34.3 Å². The number of nitrogens with two attached hydrogens (primary N) is 1. The summed E-state index contributed by atoms with van der Waals surface area (Å²) in [4.78, 5) is 14.1. The van der Waals surface area contributed by atoms with Crippen LogP contribution in [0.15, 0.2) is 6.20 Å². The number of hydrogen-bond acceptors (Lipinski definition) is 4. The number of nitrogen functional groups attached to an aromatic ring is 1. The fraction of sp³-hybridized carbons (Fsp3) is 0.667. The lowest BCUT2D eigenvalue weighted by Gasteiger charge is -2.23. The fourth-order valence-electron chi connectivity index (χ4n) is 1.93. The maximum atomic E-state index is 12.0. The van der Waals surface area contributed by atoms with E-state index in [0.717, 1.165) is 13.0 Å². The van der Waals surface area contributed by atoms with E-state index in [4.69, 9.17) is 5.73 Å². The molecule has 18 heavy (non-hydrogen) atoms. The Morgan fingerprint density at radius 1 is 1.56 bits per heavy atom. The minimum absolute atomic E-state index is 0.113. The van der Waals surface area contributed by atoms with Gasteiger partial charge in [-0.15, -0.1) is 0 Å². The number of aromatic amines is 1. The summed E-state index contributed by atoms with van der Waals surface area (Å²) in [6.07, 6.45) is 2.38. The lowest BCUT2D eigenvalue weighted by Crippen LogP contribution is -2.42. The highest BCUT2D eigenvalue weighted by atomic mass is 16.1. The molecule has 0 saturated heterocycles. The zero-order chi connectivity index (χ0) is 13.7. The molecule has 0 fully saturated rings. The van der Waals surface area contributed by atoms with Crippen LogP contribution in [0, 0.1) is 5.92 Å². The molecule has 0 radical (unpaired) electrons. The van der Waals surface area contributed by atoms with Crippen molar-refractivity contribution in [2.75, 3.05) is 26.4 Å². The highest BCUT2D eigenvalue weighted by molar-refractivity contribution is 5.98. The maximum Gasteiger partial charge on any atom is 0.256 e. The molecule has 0 aliphatic rings. The Morgan fingerprint density at radius 2 is 2.22 bits per heavy atom. The first kappa shape index (κ1) is 14.5. The lowest BCUT2D eigenvalue weighted by molar-refractivity contribution is 0.0925. The number of rotatable bonds is 6. The van der Waals surface area contributed by atoms with E-state index in [9.17, 15) is 4.79 Å². The van der Waals surface area contributed by atoms with Crippen molar-refractivity contribution in [3.8, 4) is 0 Å². The van der Waals surface area contributed by atoms with Gasteiger partial charge in [-0.2, -0.15) is 5.10 Å². The molecular formula is C12H23N5O. The Labute approximate surface area is 108 Å². The van der Waals surface area contributed by atoms with Crippen molar-refractivity contribution in [2.24, 2.45) is 5.92 Å². The third-order valence-corrected chi connectivity index (χ3v) is 2.59. The van der Waals surface area contributed by atoms with Gasteiger partial charge in [0.15, 0.2) is 0 Å². The van der Waals surface area contributed by atoms with Crippen molar-refractivity contribution in [3.05, 3.63) is 11.8 Å². The summed E-state index contributed by atoms with van der Waals surface area (Å²) < 4.78 is 0. The second kappa shape index (κ2) is 6.39. The number of anilines is 1. The molecular weight excluding hydrogens is 230 g/mol. The topological polar surface area (TPSA) is 87.0 Å². The molecule has 1 heterocycles. The molecule has 0 aromatic carbocycles. The van der Waals surface area contributed by atoms with Gasteiger partial charge in [0.2, 0.25) is 0 Å². The summed E-state index contributed by atoms with van der Waals surface area (Å²) >= 11 is 0. The van der Waals surface area contributed by atoms with Gasteiger partial charge in [-0.3, -0.25) is 9.89 Å². The van der Waals surface area contributed by atoms with Gasteiger partial charge in [0.25, 0.3) is 5.91 Å². The SMILES string of the molecule is CC(C)CC(CN(C)C)NC(=O)c1cn[nH]c1N. The van der Waals surface area contributed by atoms with Crippen LogP contribution in [-0.4, -0.2) is 47.7 Å². The number of carbonyl (C=O) groups is 1. The summed E-state index contributed by atoms with van der Waals surface area (Å²) in [5.74, 6) is 0.659. The van der Waals surface area contributed by atoms with Gasteiger partial charge < -0.3 is 16.0 Å². The summed E-state index contributed by atoms with van der Waals surface area (Å²) in [6.45, 7) is 5.09. The van der Waals surface area contributed by atoms with Crippen molar-refractivity contribution in [1.29, 1.82) is 0 Å². The predicted octanol–water partition coefficient (Wildman–Crippen LogP) is 0.698. The quantitative estimate of drug-likeness (QED) is 0.696. The van der Waals surface area contributed by atoms with Gasteiger partial charge in [0.1, 0.15) is 11.4 Å². The van der Waals surface area contributed by atoms with E-state index >= 15 is 0 Å². The average molecular weight is 253 g/mol. The molecule has 0 bridgehead atoms. The minimum Gasteiger partial charge on any atom is -0.383 e. The molecule has 1 atom stereocenters. The number of amides is 1. The van der Waals surface area contributed by atoms with E-state index in [1.54, 1.807) is 0 Å². The minimum atomic E-state index is -0.172. The zero-order valence-electron chi connectivity index (χ0n) is 11.5. The fourth-order valence-corrected chi connectivity index (χ4v) is 1.93. The predicted molar refractivity (Wildman–Crippen MR) is 72.3 cm³/mol. The number of likely N-dealkylation sites (N-methyl/N-ethyl adjacent to an activating group) is 1. The smallest absolute Gasteiger partial charge is 0.256 e. The molecule has 1 unspecified atom stereocenters. The maximum absolute atomic E-state index is 12.0. The second-order valence-corrected chi connectivity index (χ2v) is 5.26. The van der Waals surface area contributed by atoms with Crippen molar-refractivity contribution in [3.63, 3.8) is 0 Å². The van der Waals surface area contributed by atoms with Crippen LogP contribution in [0.3, 0.4) is 0 Å². The first-order valence-corrected chi connectivity index (χ1v) is 6.14. The van der Waals surface area contributed by atoms with Crippen LogP contribution in [0.5, 0.6) is 0 Å². The third-order valence-electron chi connectivity index (χ3n) is 2.59. The zero-order valence-corrected chi connectivity index (χ0v) is 11.5. The highest BCUT2D eigenvalue weighted by Gasteiger charge is 2.18. The number of nitrogens with one attached hydrogen (secondary N) is 2. The summed E-state index contributed by atoms with van der Waals surface area (Å²) in [6, 6.07) is 0.113. The molecule has 102 valence electrons. The van der Waals surface area contributed by atoms with E-state index in [0.29, 0.717) is 17.3 Å². The number of H-pyrrole nitrogens is 1. The van der Waals surface area contributed by atoms with Gasteiger partial charge in [-0.05, 0) is 26.4 Å². The first-order chi connectivity index (χ1) is 8.40. The average Bonchev–Trinajstić information content (AvgIpc) is 2.61. The van der Waals surface area contributed by atoms with E-state index < -0.39 is 0 Å². The van der Waals surface area contributed by atoms with Crippen molar-refractivity contribution in [2.45, 2.75) is 26.3 Å². The summed E-state index contributed by atoms with van der Waals surface area (Å²) in [5, 5.41) is 9.31. The van der Waals surface area contributed by atoms with Crippen LogP contribution in [-0.2, 0) is 0 Å². The van der Waals surface area contributed by atoms with Crippen LogP contribution >= 0.6 is 0 Å². The molecule has 1 rings (SSSR count). The van der Waals surface area contributed by atoms with Crippen molar-refractivity contribution < 1.29 is 4.79 Å². The Hall–Kier alpha value is -1.56. The largest absolute Gasteiger partial charge is 0.383 e. The molecule has 1 aromatic rings. The lowest BCUT2D eigenvalue weighted by atomic mass is 10.0. The molecule has 0 saturated carbocycles. The van der Waals surface area contributed by atoms with Gasteiger partial charge in [-0.25, -0.2) is 0 Å². The normalized spacial score (nSPS) is 13.0. The molecule has 1 amide bonds. The van der Waals surface area contributed by atoms with Crippen molar-refractivity contribution >= 4 is 11.7 Å². The van der Waals surface area contributed by atoms with Crippen LogP contribution in [0.2, 0.25) is 0 Å². The Balaban J connectivity index is 2.65. The number of carbonyl (C=O) groups excluding carboxylic acids is 1. The number of hydrogen-bond donors (Lipinski definition) is 3. The van der Waals surface area contributed by atoms with E-state index in [-0.39, 0.29) is 11.9 Å². The highest BCUT2D eigenvalue weighted by Crippen LogP contribution is 2.09. The Bertz CT molecular complexity index is 376. The van der Waals surface area contributed by atoms with Crippen LogP contribution < -0.4 is 11.1 Å². The second-order valence-electron chi connectivity index (χ2n) is 5.26. The number of aromatic nitrogens is 2.